The van der Waals surface area contributed by atoms with E-state index in [-0.39, 0.29) is 0 Å². The maximum atomic E-state index is 11.0. The lowest BCUT2D eigenvalue weighted by Crippen LogP contribution is -2.57. The smallest absolute Gasteiger partial charge is 0.303 e. The maximum absolute atomic E-state index is 11.0. The number of rotatable bonds is 5. The first kappa shape index (κ1) is 20.8. The molecule has 2 nitrogen and oxygen atoms in total. The summed E-state index contributed by atoms with van der Waals surface area (Å²) in [6.45, 7) is 7.77. The number of carboxylic acid groups (broad SMARTS) is 1. The normalized spacial score (nSPS) is 50.5. The Morgan fingerprint density at radius 1 is 1.00 bits per heavy atom. The summed E-state index contributed by atoms with van der Waals surface area (Å²) in [5, 5.41) is 9.07. The van der Waals surface area contributed by atoms with Gasteiger partial charge in [0.25, 0.3) is 0 Å². The Balaban J connectivity index is 1.59. The van der Waals surface area contributed by atoms with Gasteiger partial charge in [0.15, 0.2) is 0 Å². The van der Waals surface area contributed by atoms with Crippen LogP contribution in [-0.4, -0.2) is 18.9 Å². The Morgan fingerprint density at radius 3 is 2.46 bits per heavy atom. The van der Waals surface area contributed by atoms with Gasteiger partial charge < -0.3 is 5.11 Å². The zero-order valence-corrected chi connectivity index (χ0v) is 18.9. The van der Waals surface area contributed by atoms with E-state index < -0.39 is 5.97 Å². The summed E-state index contributed by atoms with van der Waals surface area (Å²) in [4.78, 5) is 11.0. The van der Waals surface area contributed by atoms with Crippen molar-refractivity contribution in [1.82, 2.24) is 0 Å². The summed E-state index contributed by atoms with van der Waals surface area (Å²) in [7, 11) is 2.63. The zero-order chi connectivity index (χ0) is 20.1. The fourth-order valence-corrected chi connectivity index (χ4v) is 9.64. The van der Waals surface area contributed by atoms with E-state index in [1.54, 1.807) is 0 Å². The Kier molecular flexibility index (Phi) is 5.69. The molecule has 3 heteroatoms. The molecule has 0 heterocycles. The standard InChI is InChI=1S/C25H43BO2/c1-4-17-18-9-5-6-14-25(18,3)20-13-15-24(2)16(8-7-10-21(27)28)11-12-19(24)22(20)23(17)26/h16-20,22-23H,4-15,26H2,1-3H3,(H,27,28)/t16?,17-,18?,19?,20+,22?,23?,24?,25?/m1/s1. The second-order valence-electron chi connectivity index (χ2n) is 11.7. The second-order valence-corrected chi connectivity index (χ2v) is 11.7. The van der Waals surface area contributed by atoms with Crippen molar-refractivity contribution in [3.8, 4) is 0 Å². The molecule has 1 N–H and O–H groups in total. The van der Waals surface area contributed by atoms with Gasteiger partial charge in [-0.2, -0.15) is 0 Å². The number of hydrogen-bond acceptors (Lipinski definition) is 1. The molecule has 9 atom stereocenters. The highest BCUT2D eigenvalue weighted by atomic mass is 16.4. The lowest BCUT2D eigenvalue weighted by molar-refractivity contribution is -0.138. The number of fused-ring (bicyclic) bond motifs is 5. The van der Waals surface area contributed by atoms with E-state index in [0.717, 1.165) is 54.2 Å². The van der Waals surface area contributed by atoms with Crippen LogP contribution in [-0.2, 0) is 4.79 Å². The van der Waals surface area contributed by atoms with Gasteiger partial charge in [-0.05, 0) is 97.7 Å². The molecule has 0 bridgehead atoms. The number of aliphatic carboxylic acids is 1. The van der Waals surface area contributed by atoms with Gasteiger partial charge in [0.05, 0.1) is 0 Å². The highest BCUT2D eigenvalue weighted by Gasteiger charge is 2.62. The van der Waals surface area contributed by atoms with Gasteiger partial charge >= 0.3 is 5.97 Å². The topological polar surface area (TPSA) is 37.3 Å². The largest absolute Gasteiger partial charge is 0.481 e. The van der Waals surface area contributed by atoms with Crippen LogP contribution in [0.1, 0.15) is 97.8 Å². The first-order chi connectivity index (χ1) is 13.3. The number of carboxylic acids is 1. The first-order valence-corrected chi connectivity index (χ1v) is 12.5. The van der Waals surface area contributed by atoms with Gasteiger partial charge in [0.1, 0.15) is 7.85 Å². The zero-order valence-electron chi connectivity index (χ0n) is 18.9. The molecule has 0 spiro atoms. The van der Waals surface area contributed by atoms with E-state index in [1.807, 2.05) is 0 Å². The minimum atomic E-state index is -0.619. The Hall–Kier alpha value is -0.465. The highest BCUT2D eigenvalue weighted by molar-refractivity contribution is 6.12. The Morgan fingerprint density at radius 2 is 1.75 bits per heavy atom. The third-order valence-electron chi connectivity index (χ3n) is 10.9. The van der Waals surface area contributed by atoms with Crippen molar-refractivity contribution >= 4 is 13.8 Å². The molecule has 0 saturated heterocycles. The quantitative estimate of drug-likeness (QED) is 0.592. The summed E-state index contributed by atoms with van der Waals surface area (Å²) >= 11 is 0. The van der Waals surface area contributed by atoms with E-state index in [9.17, 15) is 4.79 Å². The molecule has 4 aliphatic carbocycles. The average Bonchev–Trinajstić information content (AvgIpc) is 2.99. The van der Waals surface area contributed by atoms with Crippen molar-refractivity contribution in [2.24, 2.45) is 46.3 Å². The Bertz CT molecular complexity index is 591. The van der Waals surface area contributed by atoms with Crippen LogP contribution in [0.2, 0.25) is 5.82 Å². The predicted molar refractivity (Wildman–Crippen MR) is 118 cm³/mol. The van der Waals surface area contributed by atoms with Gasteiger partial charge in [-0.25, -0.2) is 0 Å². The van der Waals surface area contributed by atoms with E-state index in [4.69, 9.17) is 5.11 Å². The van der Waals surface area contributed by atoms with Crippen LogP contribution in [0, 0.1) is 46.3 Å². The van der Waals surface area contributed by atoms with Crippen molar-refractivity contribution in [1.29, 1.82) is 0 Å². The van der Waals surface area contributed by atoms with Crippen LogP contribution in [0.4, 0.5) is 0 Å². The molecule has 28 heavy (non-hydrogen) atoms. The molecule has 0 aliphatic heterocycles. The van der Waals surface area contributed by atoms with E-state index in [2.05, 4.69) is 28.6 Å². The van der Waals surface area contributed by atoms with Gasteiger partial charge in [-0.1, -0.05) is 45.9 Å². The molecule has 0 aromatic heterocycles. The van der Waals surface area contributed by atoms with Gasteiger partial charge in [0.2, 0.25) is 0 Å². The van der Waals surface area contributed by atoms with Crippen molar-refractivity contribution in [2.75, 3.05) is 0 Å². The summed E-state index contributed by atoms with van der Waals surface area (Å²) in [5.41, 5.74) is 1.07. The van der Waals surface area contributed by atoms with E-state index in [0.29, 0.717) is 17.3 Å². The van der Waals surface area contributed by atoms with E-state index in [1.165, 1.54) is 57.8 Å². The van der Waals surface area contributed by atoms with Crippen LogP contribution in [0.3, 0.4) is 0 Å². The fraction of sp³-hybridized carbons (Fsp3) is 0.960. The minimum Gasteiger partial charge on any atom is -0.481 e. The maximum Gasteiger partial charge on any atom is 0.303 e. The van der Waals surface area contributed by atoms with Gasteiger partial charge in [-0.3, -0.25) is 4.79 Å². The van der Waals surface area contributed by atoms with Crippen LogP contribution < -0.4 is 0 Å². The van der Waals surface area contributed by atoms with Crippen LogP contribution in [0.15, 0.2) is 0 Å². The van der Waals surface area contributed by atoms with Gasteiger partial charge in [0, 0.05) is 6.42 Å². The number of carbonyl (C=O) groups is 1. The van der Waals surface area contributed by atoms with Crippen molar-refractivity contribution in [2.45, 2.75) is 104 Å². The molecule has 4 aliphatic rings. The molecule has 0 aromatic carbocycles. The first-order valence-electron chi connectivity index (χ1n) is 12.5. The summed E-state index contributed by atoms with van der Waals surface area (Å²) in [5.74, 6) is 5.70. The molecule has 4 fully saturated rings. The minimum absolute atomic E-state index is 0.358. The SMILES string of the molecule is BC1C2C3CCC(CCCC(=O)O)C3(C)CC[C@@H]2C2(C)CCCCC2[C@H]1CC. The molecule has 0 radical (unpaired) electrons. The third kappa shape index (κ3) is 3.09. The van der Waals surface area contributed by atoms with Gasteiger partial charge in [-0.15, -0.1) is 0 Å². The van der Waals surface area contributed by atoms with Crippen LogP contribution in [0.5, 0.6) is 0 Å². The molecule has 4 rings (SSSR count). The molecule has 4 saturated carbocycles. The predicted octanol–water partition coefficient (Wildman–Crippen LogP) is 5.96. The summed E-state index contributed by atoms with van der Waals surface area (Å²) in [6, 6.07) is 0. The third-order valence-corrected chi connectivity index (χ3v) is 10.9. The van der Waals surface area contributed by atoms with Crippen LogP contribution in [0.25, 0.3) is 0 Å². The molecular weight excluding hydrogens is 343 g/mol. The molecule has 158 valence electrons. The molecule has 0 aromatic rings. The van der Waals surface area contributed by atoms with Crippen molar-refractivity contribution in [3.63, 3.8) is 0 Å². The summed E-state index contributed by atoms with van der Waals surface area (Å²) in [6.07, 6.45) is 15.3. The summed E-state index contributed by atoms with van der Waals surface area (Å²) < 4.78 is 0. The molecular formula is C25H43BO2. The number of hydrogen-bond donors (Lipinski definition) is 1. The molecule has 0 amide bonds. The highest BCUT2D eigenvalue weighted by Crippen LogP contribution is 2.71. The lowest BCUT2D eigenvalue weighted by Gasteiger charge is -2.65. The van der Waals surface area contributed by atoms with Crippen molar-refractivity contribution < 1.29 is 9.90 Å². The monoisotopic (exact) mass is 386 g/mol. The average molecular weight is 386 g/mol. The fourth-order valence-electron chi connectivity index (χ4n) is 9.64. The lowest BCUT2D eigenvalue weighted by atomic mass is 9.37. The van der Waals surface area contributed by atoms with Crippen molar-refractivity contribution in [3.05, 3.63) is 0 Å². The van der Waals surface area contributed by atoms with E-state index >= 15 is 0 Å². The molecule has 7 unspecified atom stereocenters. The Labute approximate surface area is 174 Å². The second kappa shape index (κ2) is 7.66. The van der Waals surface area contributed by atoms with Crippen LogP contribution >= 0.6 is 0 Å².